The summed E-state index contributed by atoms with van der Waals surface area (Å²) in [4.78, 5) is 75.6. The molecule has 2 aliphatic carbocycles. The number of fused-ring (bicyclic) bond motifs is 3. The Bertz CT molecular complexity index is 2190. The first kappa shape index (κ1) is 52.9. The topological polar surface area (TPSA) is 221 Å². The summed E-state index contributed by atoms with van der Waals surface area (Å²) in [5.74, 6) is 0.148. The first-order chi connectivity index (χ1) is 33.2. The van der Waals surface area contributed by atoms with Gasteiger partial charge < -0.3 is 48.3 Å². The molecule has 3 fully saturated rings. The van der Waals surface area contributed by atoms with E-state index in [0.29, 0.717) is 74.5 Å². The average molecular weight is 959 g/mol. The molecule has 7 atom stereocenters. The van der Waals surface area contributed by atoms with Crippen molar-refractivity contribution in [1.29, 1.82) is 0 Å². The second kappa shape index (κ2) is 24.9. The Kier molecular flexibility index (Phi) is 19.1. The maximum Gasteiger partial charge on any atom is 0.338 e. The normalized spacial score (nSPS) is 25.8. The number of carbonyl (C=O) groups excluding carboxylic acids is 6. The number of unbranched alkanes of at least 4 members (excludes halogenated alkanes) is 1. The standard InChI is InChI=1S/C52H66N2O15/c1-5-22-62-25-26-63-27-28-64-29-30-65-46(58)33-53-32-44(56)54-38-15-13-36(14-16-38)47(59)35-9-11-37(12-10-35)48(60)66-23-7-6-8-45(57)68-34-51(3)41-17-21-52(4)42(50(41,2)20-18-43(51)55)31-40(69-52)39-19-24-67-49(39)61/h1,9-16,19,40-43,53,55H,6-8,17-18,20-34H2,2-4H3,(H,54,56)/t40?,41?,42?,43-,50-,51+,52?/m1/s1. The van der Waals surface area contributed by atoms with Crippen LogP contribution in [0.4, 0.5) is 5.69 Å². The summed E-state index contributed by atoms with van der Waals surface area (Å²) < 4.78 is 43.9. The van der Waals surface area contributed by atoms with Gasteiger partial charge >= 0.3 is 23.9 Å². The monoisotopic (exact) mass is 958 g/mol. The molecule has 374 valence electrons. The predicted octanol–water partition coefficient (Wildman–Crippen LogP) is 4.77. The van der Waals surface area contributed by atoms with Gasteiger partial charge in [0.1, 0.15) is 19.8 Å². The molecule has 2 aromatic rings. The summed E-state index contributed by atoms with van der Waals surface area (Å²) in [5, 5.41) is 16.8. The fourth-order valence-corrected chi connectivity index (χ4v) is 10.5. The highest BCUT2D eigenvalue weighted by molar-refractivity contribution is 6.09. The number of hydrogen-bond donors (Lipinski definition) is 3. The van der Waals surface area contributed by atoms with Crippen molar-refractivity contribution in [2.45, 2.75) is 89.9 Å². The summed E-state index contributed by atoms with van der Waals surface area (Å²) in [5.41, 5.74) is 0.817. The van der Waals surface area contributed by atoms with Crippen LogP contribution in [0.15, 0.2) is 60.2 Å². The Labute approximate surface area is 403 Å². The Balaban J connectivity index is 0.835. The van der Waals surface area contributed by atoms with E-state index in [0.717, 1.165) is 19.3 Å². The molecular weight excluding hydrogens is 893 g/mol. The van der Waals surface area contributed by atoms with Gasteiger partial charge in [0.05, 0.1) is 88.3 Å². The van der Waals surface area contributed by atoms with Crippen molar-refractivity contribution in [3.05, 3.63) is 76.9 Å². The minimum Gasteiger partial charge on any atom is -0.465 e. The molecule has 2 heterocycles. The van der Waals surface area contributed by atoms with Crippen LogP contribution in [-0.2, 0) is 57.1 Å². The lowest BCUT2D eigenvalue weighted by Crippen LogP contribution is -2.61. The van der Waals surface area contributed by atoms with Gasteiger partial charge in [-0.1, -0.05) is 31.9 Å². The van der Waals surface area contributed by atoms with Crippen LogP contribution in [0.3, 0.4) is 0 Å². The fourth-order valence-electron chi connectivity index (χ4n) is 10.5. The maximum atomic E-state index is 13.2. The Morgan fingerprint density at radius 2 is 1.43 bits per heavy atom. The van der Waals surface area contributed by atoms with Gasteiger partial charge in [-0.25, -0.2) is 9.59 Å². The number of aliphatic hydroxyl groups is 1. The molecule has 0 aromatic heterocycles. The van der Waals surface area contributed by atoms with E-state index in [4.69, 9.17) is 44.3 Å². The summed E-state index contributed by atoms with van der Waals surface area (Å²) in [6.07, 6.45) is 10.7. The molecular formula is C52H66N2O15. The highest BCUT2D eigenvalue weighted by atomic mass is 16.6. The lowest BCUT2D eigenvalue weighted by atomic mass is 9.44. The predicted molar refractivity (Wildman–Crippen MR) is 250 cm³/mol. The number of aliphatic hydroxyl groups excluding tert-OH is 1. The van der Waals surface area contributed by atoms with Crippen LogP contribution in [-0.4, -0.2) is 138 Å². The van der Waals surface area contributed by atoms with E-state index in [-0.39, 0.29) is 106 Å². The smallest absolute Gasteiger partial charge is 0.338 e. The second-order valence-corrected chi connectivity index (χ2v) is 18.7. The Morgan fingerprint density at radius 3 is 2.12 bits per heavy atom. The largest absolute Gasteiger partial charge is 0.465 e. The molecule has 0 spiro atoms. The molecule has 17 nitrogen and oxygen atoms in total. The zero-order chi connectivity index (χ0) is 49.4. The van der Waals surface area contributed by atoms with Gasteiger partial charge in [-0.2, -0.15) is 0 Å². The van der Waals surface area contributed by atoms with Crippen molar-refractivity contribution >= 4 is 41.3 Å². The van der Waals surface area contributed by atoms with Gasteiger partial charge in [0, 0.05) is 28.7 Å². The summed E-state index contributed by atoms with van der Waals surface area (Å²) in [6, 6.07) is 12.4. The first-order valence-electron chi connectivity index (χ1n) is 23.8. The molecule has 0 bridgehead atoms. The number of esters is 4. The van der Waals surface area contributed by atoms with E-state index in [1.807, 2.05) is 13.0 Å². The zero-order valence-electron chi connectivity index (χ0n) is 39.9. The molecule has 4 aliphatic rings. The number of ketones is 1. The van der Waals surface area contributed by atoms with E-state index >= 15 is 0 Å². The van der Waals surface area contributed by atoms with E-state index in [1.54, 1.807) is 24.3 Å². The number of ether oxygens (including phenoxy) is 8. The minimum absolute atomic E-state index is 0.0566. The van der Waals surface area contributed by atoms with Crippen LogP contribution in [0.1, 0.15) is 98.4 Å². The molecule has 0 radical (unpaired) electrons. The molecule has 2 aliphatic heterocycles. The molecule has 2 saturated carbocycles. The molecule has 6 rings (SSSR count). The van der Waals surface area contributed by atoms with Crippen LogP contribution in [0.2, 0.25) is 0 Å². The van der Waals surface area contributed by atoms with Gasteiger partial charge in [-0.3, -0.25) is 24.5 Å². The number of anilines is 1. The summed E-state index contributed by atoms with van der Waals surface area (Å²) in [7, 11) is 0. The maximum absolute atomic E-state index is 13.2. The third-order valence-electron chi connectivity index (χ3n) is 14.1. The van der Waals surface area contributed by atoms with Crippen molar-refractivity contribution in [3.63, 3.8) is 0 Å². The van der Waals surface area contributed by atoms with Crippen LogP contribution < -0.4 is 10.6 Å². The molecule has 3 N–H and O–H groups in total. The van der Waals surface area contributed by atoms with E-state index in [9.17, 15) is 33.9 Å². The average Bonchev–Trinajstić information content (AvgIpc) is 3.94. The first-order valence-corrected chi connectivity index (χ1v) is 23.8. The highest BCUT2D eigenvalue weighted by Crippen LogP contribution is 2.66. The summed E-state index contributed by atoms with van der Waals surface area (Å²) >= 11 is 0. The Morgan fingerprint density at radius 1 is 0.768 bits per heavy atom. The van der Waals surface area contributed by atoms with Crippen LogP contribution in [0.5, 0.6) is 0 Å². The number of nitrogens with one attached hydrogen (secondary N) is 2. The molecule has 1 amide bonds. The van der Waals surface area contributed by atoms with Gasteiger partial charge in [-0.05, 0) is 112 Å². The van der Waals surface area contributed by atoms with Crippen molar-refractivity contribution in [2.24, 2.45) is 22.7 Å². The second-order valence-electron chi connectivity index (χ2n) is 18.7. The molecule has 4 unspecified atom stereocenters. The highest BCUT2D eigenvalue weighted by Gasteiger charge is 2.65. The van der Waals surface area contributed by atoms with Crippen LogP contribution in [0.25, 0.3) is 0 Å². The van der Waals surface area contributed by atoms with Crippen molar-refractivity contribution in [3.8, 4) is 12.3 Å². The molecule has 17 heteroatoms. The van der Waals surface area contributed by atoms with E-state index < -0.39 is 35.0 Å². The van der Waals surface area contributed by atoms with Crippen molar-refractivity contribution in [1.82, 2.24) is 5.32 Å². The fraction of sp³-hybridized carbons (Fsp3) is 0.577. The molecule has 1 saturated heterocycles. The number of amides is 1. The zero-order valence-corrected chi connectivity index (χ0v) is 39.9. The SMILES string of the molecule is C#CCOCCOCCOCCOC(=O)CNCC(=O)Nc1ccc(C(=O)c2ccc(C(=O)OCCCCC(=O)OC[C@@]3(C)C4CCC5(C)OC(C6=CCOC6=O)CC5[C@]4(C)CC[C@H]3O)cc2)cc1. The number of benzene rings is 2. The van der Waals surface area contributed by atoms with Crippen molar-refractivity contribution in [2.75, 3.05) is 84.5 Å². The lowest BCUT2D eigenvalue weighted by Gasteiger charge is -2.61. The van der Waals surface area contributed by atoms with Gasteiger partial charge in [0.25, 0.3) is 0 Å². The van der Waals surface area contributed by atoms with Crippen LogP contribution in [0, 0.1) is 35.0 Å². The number of rotatable bonds is 26. The number of carbonyl (C=O) groups is 6. The molecule has 2 aromatic carbocycles. The molecule has 69 heavy (non-hydrogen) atoms. The number of cyclic esters (lactones) is 1. The van der Waals surface area contributed by atoms with Gasteiger partial charge in [0.2, 0.25) is 5.91 Å². The lowest BCUT2D eigenvalue weighted by molar-refractivity contribution is -0.203. The van der Waals surface area contributed by atoms with Crippen molar-refractivity contribution < 1.29 is 71.8 Å². The minimum atomic E-state index is -0.649. The third-order valence-corrected chi connectivity index (χ3v) is 14.1. The van der Waals surface area contributed by atoms with Gasteiger partial charge in [0.15, 0.2) is 5.78 Å². The summed E-state index contributed by atoms with van der Waals surface area (Å²) in [6.45, 7) is 8.57. The van der Waals surface area contributed by atoms with E-state index in [2.05, 4.69) is 30.4 Å². The number of terminal acetylenes is 1. The van der Waals surface area contributed by atoms with Crippen LogP contribution >= 0.6 is 0 Å². The third kappa shape index (κ3) is 13.9. The Hall–Kier alpha value is -5.48. The number of hydrogen-bond acceptors (Lipinski definition) is 16. The van der Waals surface area contributed by atoms with Gasteiger partial charge in [-0.15, -0.1) is 6.42 Å². The van der Waals surface area contributed by atoms with E-state index in [1.165, 1.54) is 24.3 Å². The quantitative estimate of drug-likeness (QED) is 0.0380.